The van der Waals surface area contributed by atoms with E-state index in [1.165, 1.54) is 0 Å². The molecule has 2 aromatic rings. The van der Waals surface area contributed by atoms with Crippen molar-refractivity contribution in [3.8, 4) is 5.75 Å². The van der Waals surface area contributed by atoms with E-state index in [1.54, 1.807) is 36.0 Å². The van der Waals surface area contributed by atoms with Gasteiger partial charge in [0, 0.05) is 22.2 Å². The SMILES string of the molecule is O=Cc1ccccc1OCC(=O)NCCSc1ccc(Cl)cc1. The van der Waals surface area contributed by atoms with Crippen LogP contribution in [0, 0.1) is 0 Å². The monoisotopic (exact) mass is 349 g/mol. The molecule has 0 spiro atoms. The van der Waals surface area contributed by atoms with Gasteiger partial charge in [-0.05, 0) is 36.4 Å². The van der Waals surface area contributed by atoms with E-state index in [1.807, 2.05) is 24.3 Å². The molecule has 0 fully saturated rings. The third-order valence-corrected chi connectivity index (χ3v) is 4.18. The molecule has 1 amide bonds. The highest BCUT2D eigenvalue weighted by molar-refractivity contribution is 7.99. The normalized spacial score (nSPS) is 10.1. The fraction of sp³-hybridized carbons (Fsp3) is 0.176. The number of nitrogens with one attached hydrogen (secondary N) is 1. The van der Waals surface area contributed by atoms with Gasteiger partial charge < -0.3 is 10.1 Å². The summed E-state index contributed by atoms with van der Waals surface area (Å²) in [4.78, 5) is 23.7. The van der Waals surface area contributed by atoms with Gasteiger partial charge in [-0.25, -0.2) is 0 Å². The predicted molar refractivity (Wildman–Crippen MR) is 92.5 cm³/mol. The molecule has 2 rings (SSSR count). The molecule has 0 heterocycles. The van der Waals surface area contributed by atoms with Gasteiger partial charge in [0.1, 0.15) is 5.75 Å². The fourth-order valence-electron chi connectivity index (χ4n) is 1.79. The topological polar surface area (TPSA) is 55.4 Å². The number of hydrogen-bond donors (Lipinski definition) is 1. The second-order valence-electron chi connectivity index (χ2n) is 4.60. The van der Waals surface area contributed by atoms with Crippen LogP contribution in [0.25, 0.3) is 0 Å². The molecular weight excluding hydrogens is 334 g/mol. The average Bonchev–Trinajstić information content (AvgIpc) is 2.58. The largest absolute Gasteiger partial charge is 0.483 e. The Morgan fingerprint density at radius 3 is 2.65 bits per heavy atom. The molecule has 0 aromatic heterocycles. The number of carbonyl (C=O) groups excluding carboxylic acids is 2. The highest BCUT2D eigenvalue weighted by atomic mass is 35.5. The fourth-order valence-corrected chi connectivity index (χ4v) is 2.69. The quantitative estimate of drug-likeness (QED) is 0.450. The molecule has 1 N–H and O–H groups in total. The van der Waals surface area contributed by atoms with E-state index < -0.39 is 0 Å². The summed E-state index contributed by atoms with van der Waals surface area (Å²) in [7, 11) is 0. The zero-order chi connectivity index (χ0) is 16.5. The Kier molecular flexibility index (Phi) is 6.97. The van der Waals surface area contributed by atoms with Crippen LogP contribution in [0.3, 0.4) is 0 Å². The zero-order valence-electron chi connectivity index (χ0n) is 12.3. The number of ether oxygens (including phenoxy) is 1. The maximum absolute atomic E-state index is 11.7. The van der Waals surface area contributed by atoms with Crippen LogP contribution < -0.4 is 10.1 Å². The van der Waals surface area contributed by atoms with Crippen molar-refractivity contribution >= 4 is 35.6 Å². The van der Waals surface area contributed by atoms with Crippen molar-refractivity contribution in [2.45, 2.75) is 4.90 Å². The van der Waals surface area contributed by atoms with E-state index in [-0.39, 0.29) is 12.5 Å². The van der Waals surface area contributed by atoms with Gasteiger partial charge in [0.2, 0.25) is 0 Å². The van der Waals surface area contributed by atoms with E-state index in [2.05, 4.69) is 5.32 Å². The summed E-state index contributed by atoms with van der Waals surface area (Å²) < 4.78 is 5.35. The molecule has 0 bridgehead atoms. The number of halogens is 1. The summed E-state index contributed by atoms with van der Waals surface area (Å²) in [6, 6.07) is 14.3. The summed E-state index contributed by atoms with van der Waals surface area (Å²) >= 11 is 7.45. The van der Waals surface area contributed by atoms with Crippen molar-refractivity contribution in [3.63, 3.8) is 0 Å². The minimum absolute atomic E-state index is 0.115. The van der Waals surface area contributed by atoms with E-state index in [4.69, 9.17) is 16.3 Å². The van der Waals surface area contributed by atoms with Crippen LogP contribution in [0.15, 0.2) is 53.4 Å². The van der Waals surface area contributed by atoms with Gasteiger partial charge in [0.25, 0.3) is 5.91 Å². The van der Waals surface area contributed by atoms with Crippen molar-refractivity contribution in [1.82, 2.24) is 5.32 Å². The first kappa shape index (κ1) is 17.4. The second-order valence-corrected chi connectivity index (χ2v) is 6.20. The van der Waals surface area contributed by atoms with Gasteiger partial charge in [-0.2, -0.15) is 0 Å². The highest BCUT2D eigenvalue weighted by Gasteiger charge is 2.05. The lowest BCUT2D eigenvalue weighted by Crippen LogP contribution is -2.30. The van der Waals surface area contributed by atoms with Crippen LogP contribution in [0.2, 0.25) is 5.02 Å². The summed E-state index contributed by atoms with van der Waals surface area (Å²) in [5.74, 6) is 0.939. The van der Waals surface area contributed by atoms with Gasteiger partial charge in [0.05, 0.1) is 5.56 Å². The zero-order valence-corrected chi connectivity index (χ0v) is 13.9. The number of hydrogen-bond acceptors (Lipinski definition) is 4. The molecule has 23 heavy (non-hydrogen) atoms. The number of thioether (sulfide) groups is 1. The maximum atomic E-state index is 11.7. The van der Waals surface area contributed by atoms with Crippen molar-refractivity contribution < 1.29 is 14.3 Å². The smallest absolute Gasteiger partial charge is 0.257 e. The second kappa shape index (κ2) is 9.22. The number of para-hydroxylation sites is 1. The highest BCUT2D eigenvalue weighted by Crippen LogP contribution is 2.19. The molecule has 6 heteroatoms. The minimum Gasteiger partial charge on any atom is -0.483 e. The summed E-state index contributed by atoms with van der Waals surface area (Å²) in [6.07, 6.45) is 0.704. The van der Waals surface area contributed by atoms with Crippen molar-refractivity contribution in [2.24, 2.45) is 0 Å². The van der Waals surface area contributed by atoms with Gasteiger partial charge in [-0.1, -0.05) is 23.7 Å². The Labute approximate surface area is 144 Å². The third-order valence-electron chi connectivity index (χ3n) is 2.91. The Morgan fingerprint density at radius 2 is 1.91 bits per heavy atom. The van der Waals surface area contributed by atoms with Crippen molar-refractivity contribution in [3.05, 3.63) is 59.1 Å². The number of amides is 1. The van der Waals surface area contributed by atoms with E-state index in [0.29, 0.717) is 29.2 Å². The van der Waals surface area contributed by atoms with Crippen LogP contribution in [-0.4, -0.2) is 31.1 Å². The molecule has 0 radical (unpaired) electrons. The van der Waals surface area contributed by atoms with Crippen LogP contribution in [0.4, 0.5) is 0 Å². The number of benzene rings is 2. The Bertz CT molecular complexity index is 661. The Morgan fingerprint density at radius 1 is 1.17 bits per heavy atom. The molecule has 0 saturated carbocycles. The molecule has 0 unspecified atom stereocenters. The van der Waals surface area contributed by atoms with Crippen LogP contribution in [0.1, 0.15) is 10.4 Å². The van der Waals surface area contributed by atoms with Gasteiger partial charge in [-0.15, -0.1) is 11.8 Å². The molecule has 0 saturated heterocycles. The first-order chi connectivity index (χ1) is 11.2. The number of aldehydes is 1. The van der Waals surface area contributed by atoms with Crippen LogP contribution >= 0.6 is 23.4 Å². The van der Waals surface area contributed by atoms with Gasteiger partial charge >= 0.3 is 0 Å². The molecule has 120 valence electrons. The summed E-state index contributed by atoms with van der Waals surface area (Å²) in [5, 5.41) is 3.48. The standard InChI is InChI=1S/C17H16ClNO3S/c18-14-5-7-15(8-6-14)23-10-9-19-17(21)12-22-16-4-2-1-3-13(16)11-20/h1-8,11H,9-10,12H2,(H,19,21). The molecule has 0 aliphatic rings. The lowest BCUT2D eigenvalue weighted by molar-refractivity contribution is -0.122. The van der Waals surface area contributed by atoms with Crippen LogP contribution in [0.5, 0.6) is 5.75 Å². The van der Waals surface area contributed by atoms with Crippen LogP contribution in [-0.2, 0) is 4.79 Å². The number of rotatable bonds is 8. The van der Waals surface area contributed by atoms with E-state index in [9.17, 15) is 9.59 Å². The third kappa shape index (κ3) is 5.96. The maximum Gasteiger partial charge on any atom is 0.257 e. The minimum atomic E-state index is -0.220. The molecule has 0 atom stereocenters. The van der Waals surface area contributed by atoms with Crippen molar-refractivity contribution in [2.75, 3.05) is 18.9 Å². The molecular formula is C17H16ClNO3S. The lowest BCUT2D eigenvalue weighted by Gasteiger charge is -2.09. The van der Waals surface area contributed by atoms with Crippen molar-refractivity contribution in [1.29, 1.82) is 0 Å². The molecule has 0 aliphatic carbocycles. The van der Waals surface area contributed by atoms with Gasteiger partial charge in [0.15, 0.2) is 12.9 Å². The molecule has 2 aromatic carbocycles. The lowest BCUT2D eigenvalue weighted by atomic mass is 10.2. The Balaban J connectivity index is 1.67. The number of carbonyl (C=O) groups is 2. The molecule has 4 nitrogen and oxygen atoms in total. The predicted octanol–water partition coefficient (Wildman–Crippen LogP) is 3.44. The van der Waals surface area contributed by atoms with Gasteiger partial charge in [-0.3, -0.25) is 9.59 Å². The first-order valence-electron chi connectivity index (χ1n) is 7.01. The first-order valence-corrected chi connectivity index (χ1v) is 8.37. The average molecular weight is 350 g/mol. The van der Waals surface area contributed by atoms with E-state index >= 15 is 0 Å². The Hall–Kier alpha value is -1.98. The summed E-state index contributed by atoms with van der Waals surface area (Å²) in [6.45, 7) is 0.418. The summed E-state index contributed by atoms with van der Waals surface area (Å²) in [5.41, 5.74) is 0.429. The molecule has 0 aliphatic heterocycles. The van der Waals surface area contributed by atoms with E-state index in [0.717, 1.165) is 10.6 Å².